The number of hydrogen-bond donors (Lipinski definition) is 0. The molecule has 7 rings (SSSR count). The fourth-order valence-corrected chi connectivity index (χ4v) is 5.59. The molecule has 4 aromatic heterocycles. The third-order valence-corrected chi connectivity index (χ3v) is 7.23. The van der Waals surface area contributed by atoms with Crippen molar-refractivity contribution in [2.75, 3.05) is 14.2 Å². The highest BCUT2D eigenvalue weighted by atomic mass is 79.9. The number of methoxy groups -OCH3 is 2. The summed E-state index contributed by atoms with van der Waals surface area (Å²) in [6, 6.07) is 16.4. The van der Waals surface area contributed by atoms with Crippen LogP contribution in [0.4, 0.5) is 0 Å². The Bertz CT molecular complexity index is 1970. The number of nitrogens with zero attached hydrogens (tertiary/aromatic N) is 5. The molecule has 6 aromatic rings. The van der Waals surface area contributed by atoms with Crippen LogP contribution in [0.25, 0.3) is 28.1 Å². The third-order valence-electron chi connectivity index (χ3n) is 6.65. The smallest absolute Gasteiger partial charge is 0.344 e. The molecule has 0 N–H and O–H groups in total. The molecule has 0 amide bonds. The zero-order valence-corrected chi connectivity index (χ0v) is 22.2. The molecule has 0 radical (unpaired) electrons. The predicted octanol–water partition coefficient (Wildman–Crippen LogP) is 5.36. The first kappa shape index (κ1) is 23.4. The Balaban J connectivity index is 1.57. The lowest BCUT2D eigenvalue weighted by molar-refractivity contribution is 0.352. The SMILES string of the molecule is COc1cc(C2c3c(c4ccccc4oc3=O)Oc3ncn4nc(-c5ccccn5)nc4c32)cc(Br)c1OC. The number of benzene rings is 2. The zero-order valence-electron chi connectivity index (χ0n) is 20.6. The second-order valence-electron chi connectivity index (χ2n) is 8.78. The molecule has 0 saturated carbocycles. The molecule has 11 heteroatoms. The van der Waals surface area contributed by atoms with Gasteiger partial charge in [0.1, 0.15) is 17.6 Å². The largest absolute Gasteiger partial charge is 0.493 e. The third kappa shape index (κ3) is 3.57. The molecule has 0 spiro atoms. The zero-order chi connectivity index (χ0) is 26.7. The van der Waals surface area contributed by atoms with E-state index in [0.29, 0.717) is 72.4 Å². The van der Waals surface area contributed by atoms with E-state index in [1.54, 1.807) is 37.1 Å². The molecule has 1 unspecified atom stereocenters. The van der Waals surface area contributed by atoms with Crippen LogP contribution in [0.3, 0.4) is 0 Å². The lowest BCUT2D eigenvalue weighted by Gasteiger charge is -2.28. The van der Waals surface area contributed by atoms with Crippen molar-refractivity contribution in [1.29, 1.82) is 0 Å². The van der Waals surface area contributed by atoms with Gasteiger partial charge in [0.25, 0.3) is 0 Å². The molecule has 10 nitrogen and oxygen atoms in total. The first-order chi connectivity index (χ1) is 19.1. The summed E-state index contributed by atoms with van der Waals surface area (Å²) in [6.07, 6.45) is 3.21. The van der Waals surface area contributed by atoms with E-state index in [9.17, 15) is 4.79 Å². The van der Waals surface area contributed by atoms with Crippen molar-refractivity contribution in [3.63, 3.8) is 0 Å². The highest BCUT2D eigenvalue weighted by molar-refractivity contribution is 9.10. The van der Waals surface area contributed by atoms with Crippen molar-refractivity contribution >= 4 is 32.5 Å². The fraction of sp³-hybridized carbons (Fsp3) is 0.107. The standard InChI is InChI=1S/C28H18BrN5O5/c1-36-19-12-14(11-16(29)24(19)37-2)20-21-23(15-7-3-4-9-18(15)38-28(21)35)39-27-22(20)26-32-25(33-34(26)13-31-27)17-8-5-6-10-30-17/h3-13,20H,1-2H3. The van der Waals surface area contributed by atoms with Gasteiger partial charge in [0.15, 0.2) is 22.9 Å². The van der Waals surface area contributed by atoms with Crippen LogP contribution >= 0.6 is 15.9 Å². The Morgan fingerprint density at radius 2 is 1.85 bits per heavy atom. The number of ether oxygens (including phenoxy) is 3. The molecule has 0 aliphatic carbocycles. The molecule has 5 heterocycles. The van der Waals surface area contributed by atoms with E-state index in [1.165, 1.54) is 6.33 Å². The Morgan fingerprint density at radius 1 is 1.00 bits per heavy atom. The van der Waals surface area contributed by atoms with Crippen LogP contribution in [-0.2, 0) is 0 Å². The number of rotatable bonds is 4. The maximum atomic E-state index is 13.6. The first-order valence-corrected chi connectivity index (χ1v) is 12.7. The van der Waals surface area contributed by atoms with E-state index in [0.717, 1.165) is 0 Å². The molecule has 2 aromatic carbocycles. The van der Waals surface area contributed by atoms with Crippen molar-refractivity contribution in [1.82, 2.24) is 24.6 Å². The van der Waals surface area contributed by atoms with E-state index in [-0.39, 0.29) is 0 Å². The topological polar surface area (TPSA) is 114 Å². The van der Waals surface area contributed by atoms with Gasteiger partial charge in [-0.15, -0.1) is 5.10 Å². The lowest BCUT2D eigenvalue weighted by Crippen LogP contribution is -2.22. The minimum absolute atomic E-state index is 0.307. The number of pyridine rings is 1. The summed E-state index contributed by atoms with van der Waals surface area (Å²) in [5.74, 6) is 1.42. The highest BCUT2D eigenvalue weighted by Gasteiger charge is 2.38. The van der Waals surface area contributed by atoms with Gasteiger partial charge in [-0.25, -0.2) is 19.3 Å². The summed E-state index contributed by atoms with van der Waals surface area (Å²) >= 11 is 3.59. The number of hydrogen-bond acceptors (Lipinski definition) is 9. The second-order valence-corrected chi connectivity index (χ2v) is 9.64. The molecule has 1 atom stereocenters. The maximum Gasteiger partial charge on any atom is 0.344 e. The Hall–Kier alpha value is -4.77. The molecule has 1 aliphatic heterocycles. The highest BCUT2D eigenvalue weighted by Crippen LogP contribution is 2.50. The van der Waals surface area contributed by atoms with E-state index in [2.05, 4.69) is 31.0 Å². The number of aromatic nitrogens is 5. The minimum Gasteiger partial charge on any atom is -0.493 e. The average Bonchev–Trinajstić information content (AvgIpc) is 3.41. The Labute approximate surface area is 229 Å². The van der Waals surface area contributed by atoms with Crippen LogP contribution < -0.4 is 19.8 Å². The van der Waals surface area contributed by atoms with Crippen LogP contribution in [0.15, 0.2) is 80.8 Å². The van der Waals surface area contributed by atoms with Crippen molar-refractivity contribution in [2.45, 2.75) is 5.92 Å². The van der Waals surface area contributed by atoms with Crippen molar-refractivity contribution in [3.8, 4) is 34.6 Å². The summed E-state index contributed by atoms with van der Waals surface area (Å²) in [4.78, 5) is 27.4. The summed E-state index contributed by atoms with van der Waals surface area (Å²) in [6.45, 7) is 0. The van der Waals surface area contributed by atoms with Gasteiger partial charge in [-0.1, -0.05) is 18.2 Å². The molecular formula is C28H18BrN5O5. The Morgan fingerprint density at radius 3 is 2.64 bits per heavy atom. The summed E-state index contributed by atoms with van der Waals surface area (Å²) in [5, 5.41) is 5.25. The van der Waals surface area contributed by atoms with Crippen LogP contribution in [0, 0.1) is 0 Å². The molecule has 1 aliphatic rings. The van der Waals surface area contributed by atoms with Crippen LogP contribution in [0.2, 0.25) is 0 Å². The molecule has 0 fully saturated rings. The van der Waals surface area contributed by atoms with Crippen LogP contribution in [0.5, 0.6) is 23.1 Å². The monoisotopic (exact) mass is 583 g/mol. The number of halogens is 1. The normalized spacial score (nSPS) is 14.1. The van der Waals surface area contributed by atoms with Gasteiger partial charge in [-0.3, -0.25) is 4.98 Å². The maximum absolute atomic E-state index is 13.6. The Kier molecular flexibility index (Phi) is 5.34. The molecular weight excluding hydrogens is 566 g/mol. The van der Waals surface area contributed by atoms with Gasteiger partial charge in [0.2, 0.25) is 11.7 Å². The van der Waals surface area contributed by atoms with Gasteiger partial charge in [-0.2, -0.15) is 0 Å². The number of fused-ring (bicyclic) bond motifs is 6. The molecule has 192 valence electrons. The molecule has 0 bridgehead atoms. The van der Waals surface area contributed by atoms with E-state index in [1.807, 2.05) is 42.5 Å². The van der Waals surface area contributed by atoms with Crippen molar-refractivity contribution in [3.05, 3.63) is 98.7 Å². The van der Waals surface area contributed by atoms with Crippen molar-refractivity contribution < 1.29 is 18.6 Å². The average molecular weight is 584 g/mol. The lowest BCUT2D eigenvalue weighted by atomic mass is 9.84. The van der Waals surface area contributed by atoms with Gasteiger partial charge in [0.05, 0.1) is 41.1 Å². The van der Waals surface area contributed by atoms with Crippen LogP contribution in [0.1, 0.15) is 22.6 Å². The van der Waals surface area contributed by atoms with E-state index < -0.39 is 11.5 Å². The van der Waals surface area contributed by atoms with Gasteiger partial charge < -0.3 is 18.6 Å². The molecule has 39 heavy (non-hydrogen) atoms. The summed E-state index contributed by atoms with van der Waals surface area (Å²) in [7, 11) is 3.12. The van der Waals surface area contributed by atoms with Gasteiger partial charge in [-0.05, 0) is 57.9 Å². The second kappa shape index (κ2) is 8.91. The quantitative estimate of drug-likeness (QED) is 0.252. The number of para-hydroxylation sites is 1. The van der Waals surface area contributed by atoms with Crippen LogP contribution in [-0.4, -0.2) is 38.8 Å². The van der Waals surface area contributed by atoms with E-state index in [4.69, 9.17) is 23.6 Å². The first-order valence-electron chi connectivity index (χ1n) is 11.9. The predicted molar refractivity (Wildman–Crippen MR) is 145 cm³/mol. The summed E-state index contributed by atoms with van der Waals surface area (Å²) in [5.41, 5.74) is 2.54. The van der Waals surface area contributed by atoms with Crippen molar-refractivity contribution in [2.24, 2.45) is 0 Å². The van der Waals surface area contributed by atoms with Gasteiger partial charge in [0, 0.05) is 6.20 Å². The van der Waals surface area contributed by atoms with E-state index >= 15 is 0 Å². The summed E-state index contributed by atoms with van der Waals surface area (Å²) < 4.78 is 25.5. The van der Waals surface area contributed by atoms with Gasteiger partial charge >= 0.3 is 5.63 Å². The fourth-order valence-electron chi connectivity index (χ4n) is 4.97. The molecule has 0 saturated heterocycles. The minimum atomic E-state index is -0.683.